The second kappa shape index (κ2) is 9.08. The molecule has 0 fully saturated rings. The van der Waals surface area contributed by atoms with Crippen LogP contribution in [0.1, 0.15) is 17.5 Å². The second-order valence-corrected chi connectivity index (χ2v) is 6.91. The van der Waals surface area contributed by atoms with Crippen LogP contribution in [-0.4, -0.2) is 40.3 Å². The largest absolute Gasteiger partial charge is 0.466 e. The lowest BCUT2D eigenvalue weighted by Crippen LogP contribution is -2.22. The van der Waals surface area contributed by atoms with E-state index in [0.29, 0.717) is 40.5 Å². The van der Waals surface area contributed by atoms with Gasteiger partial charge in [0.1, 0.15) is 11.6 Å². The van der Waals surface area contributed by atoms with Crippen LogP contribution in [-0.2, 0) is 6.42 Å². The Morgan fingerprint density at radius 3 is 2.67 bits per heavy atom. The molecule has 142 valence electrons. The molecule has 0 aliphatic rings. The monoisotopic (exact) mass is 406 g/mol. The van der Waals surface area contributed by atoms with E-state index >= 15 is 0 Å². The molecule has 0 aliphatic heterocycles. The molecule has 3 aromatic rings. The number of halogens is 2. The number of nitrogens with zero attached hydrogens (tertiary/aromatic N) is 3. The zero-order valence-electron chi connectivity index (χ0n) is 14.8. The topological polar surface area (TPSA) is 74.3 Å². The standard InChI is InChI=1S/C19H20Cl2N4O2/c1-25(7-8-26)17-3-2-4-18(24-17)27-16(19-22-5-6-23-19)11-13-9-14(20)12-15(21)10-13/h2-6,9-10,12,16,26H,7-8,11H2,1H3,(H,22,23). The van der Waals surface area contributed by atoms with Crippen molar-refractivity contribution in [3.63, 3.8) is 0 Å². The highest BCUT2D eigenvalue weighted by Crippen LogP contribution is 2.27. The zero-order chi connectivity index (χ0) is 19.2. The van der Waals surface area contributed by atoms with Crippen LogP contribution >= 0.6 is 23.2 Å². The summed E-state index contributed by atoms with van der Waals surface area (Å²) in [6.07, 6.45) is 3.55. The number of aromatic nitrogens is 3. The maximum atomic E-state index is 9.11. The first-order valence-electron chi connectivity index (χ1n) is 8.45. The van der Waals surface area contributed by atoms with Gasteiger partial charge in [-0.2, -0.15) is 4.98 Å². The summed E-state index contributed by atoms with van der Waals surface area (Å²) in [5.41, 5.74) is 0.933. The molecule has 0 saturated heterocycles. The number of hydrogen-bond acceptors (Lipinski definition) is 5. The highest BCUT2D eigenvalue weighted by Gasteiger charge is 2.19. The lowest BCUT2D eigenvalue weighted by atomic mass is 10.1. The van der Waals surface area contributed by atoms with Crippen LogP contribution < -0.4 is 9.64 Å². The van der Waals surface area contributed by atoms with Crippen LogP contribution in [0.25, 0.3) is 0 Å². The van der Waals surface area contributed by atoms with Gasteiger partial charge in [-0.1, -0.05) is 29.3 Å². The number of aromatic amines is 1. The summed E-state index contributed by atoms with van der Waals surface area (Å²) in [7, 11) is 1.86. The summed E-state index contributed by atoms with van der Waals surface area (Å²) in [5.74, 6) is 1.86. The Kier molecular flexibility index (Phi) is 6.55. The molecule has 2 aromatic heterocycles. The predicted octanol–water partition coefficient (Wildman–Crippen LogP) is 3.90. The lowest BCUT2D eigenvalue weighted by Gasteiger charge is -2.20. The molecule has 1 atom stereocenters. The maximum Gasteiger partial charge on any atom is 0.215 e. The number of rotatable bonds is 8. The molecule has 0 saturated carbocycles. The lowest BCUT2D eigenvalue weighted by molar-refractivity contribution is 0.189. The van der Waals surface area contributed by atoms with E-state index in [1.165, 1.54) is 0 Å². The number of pyridine rings is 1. The van der Waals surface area contributed by atoms with E-state index in [0.717, 1.165) is 5.56 Å². The molecule has 0 bridgehead atoms. The van der Waals surface area contributed by atoms with Crippen molar-refractivity contribution in [1.29, 1.82) is 0 Å². The van der Waals surface area contributed by atoms with Gasteiger partial charge in [0, 0.05) is 48.5 Å². The van der Waals surface area contributed by atoms with Gasteiger partial charge in [0.2, 0.25) is 5.88 Å². The average molecular weight is 407 g/mol. The third kappa shape index (κ3) is 5.35. The Labute approximate surface area is 167 Å². The van der Waals surface area contributed by atoms with E-state index in [-0.39, 0.29) is 12.7 Å². The van der Waals surface area contributed by atoms with E-state index in [1.807, 2.05) is 36.2 Å². The number of aliphatic hydroxyl groups is 1. The van der Waals surface area contributed by atoms with Gasteiger partial charge in [0.15, 0.2) is 6.10 Å². The maximum absolute atomic E-state index is 9.11. The van der Waals surface area contributed by atoms with Crippen molar-refractivity contribution in [3.05, 3.63) is 70.2 Å². The van der Waals surface area contributed by atoms with Gasteiger partial charge in [0.05, 0.1) is 6.61 Å². The van der Waals surface area contributed by atoms with E-state index in [9.17, 15) is 0 Å². The van der Waals surface area contributed by atoms with Gasteiger partial charge in [-0.15, -0.1) is 0 Å². The van der Waals surface area contributed by atoms with E-state index in [1.54, 1.807) is 24.5 Å². The molecule has 0 radical (unpaired) electrons. The van der Waals surface area contributed by atoms with Gasteiger partial charge in [-0.05, 0) is 29.8 Å². The van der Waals surface area contributed by atoms with Gasteiger partial charge >= 0.3 is 0 Å². The highest BCUT2D eigenvalue weighted by molar-refractivity contribution is 6.34. The van der Waals surface area contributed by atoms with Crippen molar-refractivity contribution < 1.29 is 9.84 Å². The van der Waals surface area contributed by atoms with E-state index < -0.39 is 0 Å². The van der Waals surface area contributed by atoms with Crippen molar-refractivity contribution in [2.45, 2.75) is 12.5 Å². The van der Waals surface area contributed by atoms with Crippen molar-refractivity contribution in [3.8, 4) is 5.88 Å². The Morgan fingerprint density at radius 2 is 2.00 bits per heavy atom. The smallest absolute Gasteiger partial charge is 0.215 e. The number of aliphatic hydroxyl groups excluding tert-OH is 1. The molecular formula is C19H20Cl2N4O2. The van der Waals surface area contributed by atoms with Crippen LogP contribution in [0, 0.1) is 0 Å². The molecule has 1 aromatic carbocycles. The predicted molar refractivity (Wildman–Crippen MR) is 107 cm³/mol. The van der Waals surface area contributed by atoms with Crippen LogP contribution in [0.3, 0.4) is 0 Å². The van der Waals surface area contributed by atoms with Crippen LogP contribution in [0.5, 0.6) is 5.88 Å². The van der Waals surface area contributed by atoms with Gasteiger partial charge in [-0.25, -0.2) is 4.98 Å². The number of nitrogens with one attached hydrogen (secondary N) is 1. The molecule has 0 spiro atoms. The molecule has 27 heavy (non-hydrogen) atoms. The molecule has 0 amide bonds. The van der Waals surface area contributed by atoms with Crippen LogP contribution in [0.4, 0.5) is 5.82 Å². The quantitative estimate of drug-likeness (QED) is 0.593. The van der Waals surface area contributed by atoms with E-state index in [2.05, 4.69) is 15.0 Å². The number of benzene rings is 1. The number of likely N-dealkylation sites (N-methyl/N-ethyl adjacent to an activating group) is 1. The Bertz CT molecular complexity index is 854. The minimum atomic E-state index is -0.388. The average Bonchev–Trinajstić information content (AvgIpc) is 3.15. The van der Waals surface area contributed by atoms with Crippen molar-refractivity contribution in [2.24, 2.45) is 0 Å². The molecule has 0 aliphatic carbocycles. The van der Waals surface area contributed by atoms with Crippen LogP contribution in [0.15, 0.2) is 48.8 Å². The first kappa shape index (κ1) is 19.5. The fourth-order valence-corrected chi connectivity index (χ4v) is 3.25. The second-order valence-electron chi connectivity index (χ2n) is 6.04. The fraction of sp³-hybridized carbons (Fsp3) is 0.263. The minimum absolute atomic E-state index is 0.0494. The SMILES string of the molecule is CN(CCO)c1cccc(OC(Cc2cc(Cl)cc(Cl)c2)c2ncc[nH]2)n1. The summed E-state index contributed by atoms with van der Waals surface area (Å²) >= 11 is 12.2. The molecule has 1 unspecified atom stereocenters. The van der Waals surface area contributed by atoms with Gasteiger partial charge in [0.25, 0.3) is 0 Å². The molecule has 8 heteroatoms. The van der Waals surface area contributed by atoms with Crippen LogP contribution in [0.2, 0.25) is 10.0 Å². The molecular weight excluding hydrogens is 387 g/mol. The summed E-state index contributed by atoms with van der Waals surface area (Å²) in [6, 6.07) is 10.9. The summed E-state index contributed by atoms with van der Waals surface area (Å²) in [5, 5.41) is 10.3. The molecule has 6 nitrogen and oxygen atoms in total. The number of imidazole rings is 1. The normalized spacial score (nSPS) is 12.0. The molecule has 2 heterocycles. The molecule has 3 rings (SSSR count). The highest BCUT2D eigenvalue weighted by atomic mass is 35.5. The van der Waals surface area contributed by atoms with Crippen molar-refractivity contribution >= 4 is 29.0 Å². The van der Waals surface area contributed by atoms with Gasteiger partial charge < -0.3 is 19.7 Å². The summed E-state index contributed by atoms with van der Waals surface area (Å²) in [6.45, 7) is 0.535. The summed E-state index contributed by atoms with van der Waals surface area (Å²) in [4.78, 5) is 13.8. The van der Waals surface area contributed by atoms with Crippen molar-refractivity contribution in [1.82, 2.24) is 15.0 Å². The van der Waals surface area contributed by atoms with E-state index in [4.69, 9.17) is 33.0 Å². The number of ether oxygens (including phenoxy) is 1. The Hall–Kier alpha value is -2.28. The number of H-pyrrole nitrogens is 1. The third-order valence-corrected chi connectivity index (χ3v) is 4.40. The number of hydrogen-bond donors (Lipinski definition) is 2. The minimum Gasteiger partial charge on any atom is -0.466 e. The zero-order valence-corrected chi connectivity index (χ0v) is 16.3. The Morgan fingerprint density at radius 1 is 1.22 bits per heavy atom. The third-order valence-electron chi connectivity index (χ3n) is 3.97. The molecule has 2 N–H and O–H groups in total. The Balaban J connectivity index is 1.83. The van der Waals surface area contributed by atoms with Crippen molar-refractivity contribution in [2.75, 3.05) is 25.1 Å². The number of anilines is 1. The fourth-order valence-electron chi connectivity index (χ4n) is 2.68. The summed E-state index contributed by atoms with van der Waals surface area (Å²) < 4.78 is 6.13. The first-order valence-corrected chi connectivity index (χ1v) is 9.20. The first-order chi connectivity index (χ1) is 13.0. The van der Waals surface area contributed by atoms with Gasteiger partial charge in [-0.3, -0.25) is 0 Å².